The van der Waals surface area contributed by atoms with E-state index in [0.717, 1.165) is 22.1 Å². The Morgan fingerprint density at radius 3 is 2.59 bits per heavy atom. The Bertz CT molecular complexity index is 993. The molecule has 0 radical (unpaired) electrons. The highest BCUT2D eigenvalue weighted by atomic mass is 15.3. The van der Waals surface area contributed by atoms with E-state index in [1.807, 2.05) is 48.5 Å². The van der Waals surface area contributed by atoms with Gasteiger partial charge in [0.05, 0.1) is 22.9 Å². The summed E-state index contributed by atoms with van der Waals surface area (Å²) < 4.78 is 1.56. The first kappa shape index (κ1) is 12.6. The van der Waals surface area contributed by atoms with Crippen molar-refractivity contribution in [3.8, 4) is 0 Å². The summed E-state index contributed by atoms with van der Waals surface area (Å²) in [7, 11) is 0. The topological polar surface area (TPSA) is 56.2 Å². The fourth-order valence-electron chi connectivity index (χ4n) is 2.60. The molecule has 0 aliphatic heterocycles. The van der Waals surface area contributed by atoms with Crippen LogP contribution in [0.25, 0.3) is 21.8 Å². The first-order valence-electron chi connectivity index (χ1n) is 7.07. The molecule has 0 amide bonds. The zero-order valence-corrected chi connectivity index (χ0v) is 11.8. The van der Waals surface area contributed by atoms with Gasteiger partial charge in [0.2, 0.25) is 0 Å². The van der Waals surface area contributed by atoms with E-state index < -0.39 is 0 Å². The van der Waals surface area contributed by atoms with Crippen LogP contribution in [0.5, 0.6) is 0 Å². The van der Waals surface area contributed by atoms with Crippen molar-refractivity contribution in [2.24, 2.45) is 4.99 Å². The van der Waals surface area contributed by atoms with Gasteiger partial charge in [0, 0.05) is 5.39 Å². The van der Waals surface area contributed by atoms with Gasteiger partial charge in [-0.3, -0.25) is 4.99 Å². The van der Waals surface area contributed by atoms with Gasteiger partial charge >= 0.3 is 0 Å². The maximum atomic E-state index is 6.08. The number of nitrogen functional groups attached to an aromatic ring is 1. The van der Waals surface area contributed by atoms with E-state index in [1.165, 1.54) is 5.39 Å². The number of fused-ring (bicyclic) bond motifs is 2. The second-order valence-electron chi connectivity index (χ2n) is 5.09. The Morgan fingerprint density at radius 1 is 0.909 bits per heavy atom. The van der Waals surface area contributed by atoms with E-state index in [0.29, 0.717) is 5.82 Å². The average Bonchev–Trinajstić information content (AvgIpc) is 2.89. The standard InChI is InChI=1S/C18H14N4/c19-22-17-11-4-3-9-16(17)21-18(22)12-20-15-10-5-7-13-6-1-2-8-14(13)15/h1-12H,19H2. The molecule has 0 aliphatic carbocycles. The number of rotatable bonds is 2. The molecule has 106 valence electrons. The molecule has 2 N–H and O–H groups in total. The van der Waals surface area contributed by atoms with E-state index in [9.17, 15) is 0 Å². The molecule has 0 bridgehead atoms. The molecule has 0 saturated carbocycles. The summed E-state index contributed by atoms with van der Waals surface area (Å²) in [6, 6.07) is 22.0. The van der Waals surface area contributed by atoms with Gasteiger partial charge in [-0.1, -0.05) is 48.5 Å². The molecule has 4 nitrogen and oxygen atoms in total. The van der Waals surface area contributed by atoms with E-state index in [4.69, 9.17) is 5.84 Å². The maximum Gasteiger partial charge on any atom is 0.170 e. The molecule has 4 rings (SSSR count). The number of aromatic nitrogens is 2. The van der Waals surface area contributed by atoms with Gasteiger partial charge in [0.1, 0.15) is 0 Å². The molecule has 0 atom stereocenters. The number of benzene rings is 3. The van der Waals surface area contributed by atoms with Gasteiger partial charge in [-0.15, -0.1) is 0 Å². The SMILES string of the molecule is Nn1c(C=Nc2cccc3ccccc23)nc2ccccc21. The molecule has 22 heavy (non-hydrogen) atoms. The number of imidazole rings is 1. The third kappa shape index (κ3) is 2.02. The highest BCUT2D eigenvalue weighted by molar-refractivity contribution is 5.95. The molecular weight excluding hydrogens is 272 g/mol. The second kappa shape index (κ2) is 5.00. The van der Waals surface area contributed by atoms with E-state index in [1.54, 1.807) is 10.9 Å². The molecule has 4 heteroatoms. The summed E-state index contributed by atoms with van der Waals surface area (Å²) in [5.74, 6) is 6.71. The van der Waals surface area contributed by atoms with Crippen molar-refractivity contribution in [3.63, 3.8) is 0 Å². The summed E-state index contributed by atoms with van der Waals surface area (Å²) >= 11 is 0. The predicted octanol–water partition coefficient (Wildman–Crippen LogP) is 3.65. The highest BCUT2D eigenvalue weighted by Crippen LogP contribution is 2.25. The monoisotopic (exact) mass is 286 g/mol. The van der Waals surface area contributed by atoms with Crippen LogP contribution in [0.4, 0.5) is 5.69 Å². The number of para-hydroxylation sites is 2. The molecule has 1 aromatic heterocycles. The smallest absolute Gasteiger partial charge is 0.170 e. The quantitative estimate of drug-likeness (QED) is 0.451. The minimum absolute atomic E-state index is 0.633. The van der Waals surface area contributed by atoms with Crippen LogP contribution in [0.2, 0.25) is 0 Å². The number of hydrogen-bond acceptors (Lipinski definition) is 3. The van der Waals surface area contributed by atoms with Crippen LogP contribution in [0.1, 0.15) is 5.82 Å². The summed E-state index contributed by atoms with van der Waals surface area (Å²) in [4.78, 5) is 9.07. The van der Waals surface area contributed by atoms with Crippen LogP contribution < -0.4 is 5.84 Å². The van der Waals surface area contributed by atoms with E-state index in [-0.39, 0.29) is 0 Å². The Balaban J connectivity index is 1.81. The van der Waals surface area contributed by atoms with E-state index >= 15 is 0 Å². The largest absolute Gasteiger partial charge is 0.337 e. The van der Waals surface area contributed by atoms with Crippen molar-refractivity contribution in [2.75, 3.05) is 5.84 Å². The number of nitrogens with zero attached hydrogens (tertiary/aromatic N) is 3. The minimum Gasteiger partial charge on any atom is -0.337 e. The Labute approximate surface area is 127 Å². The summed E-state index contributed by atoms with van der Waals surface area (Å²) in [6.07, 6.45) is 1.71. The summed E-state index contributed by atoms with van der Waals surface area (Å²) in [5, 5.41) is 2.28. The molecule has 0 unspecified atom stereocenters. The van der Waals surface area contributed by atoms with Crippen molar-refractivity contribution in [2.45, 2.75) is 0 Å². The van der Waals surface area contributed by atoms with Crippen molar-refractivity contribution in [1.82, 2.24) is 9.66 Å². The van der Waals surface area contributed by atoms with Gasteiger partial charge in [-0.2, -0.15) is 0 Å². The van der Waals surface area contributed by atoms with Crippen molar-refractivity contribution in [3.05, 3.63) is 72.6 Å². The predicted molar refractivity (Wildman–Crippen MR) is 91.1 cm³/mol. The van der Waals surface area contributed by atoms with Crippen LogP contribution in [-0.4, -0.2) is 15.9 Å². The molecule has 4 aromatic rings. The average molecular weight is 286 g/mol. The first-order valence-corrected chi connectivity index (χ1v) is 7.07. The van der Waals surface area contributed by atoms with Crippen LogP contribution >= 0.6 is 0 Å². The number of aliphatic imine (C=N–C) groups is 1. The van der Waals surface area contributed by atoms with Gasteiger partial charge in [-0.05, 0) is 23.6 Å². The van der Waals surface area contributed by atoms with Gasteiger partial charge in [-0.25, -0.2) is 9.66 Å². The van der Waals surface area contributed by atoms with Crippen molar-refractivity contribution >= 4 is 33.7 Å². The van der Waals surface area contributed by atoms with Crippen LogP contribution in [-0.2, 0) is 0 Å². The zero-order chi connectivity index (χ0) is 14.9. The summed E-state index contributed by atoms with van der Waals surface area (Å²) in [6.45, 7) is 0. The number of nitrogens with two attached hydrogens (primary N) is 1. The Morgan fingerprint density at radius 2 is 1.68 bits per heavy atom. The Kier molecular flexibility index (Phi) is 2.86. The fraction of sp³-hybridized carbons (Fsp3) is 0. The molecule has 0 spiro atoms. The normalized spacial score (nSPS) is 11.6. The van der Waals surface area contributed by atoms with Gasteiger partial charge in [0.15, 0.2) is 5.82 Å². The molecule has 1 heterocycles. The molecule has 0 aliphatic rings. The molecule has 3 aromatic carbocycles. The molecule has 0 saturated heterocycles. The van der Waals surface area contributed by atoms with Gasteiger partial charge < -0.3 is 5.84 Å². The van der Waals surface area contributed by atoms with Crippen LogP contribution in [0, 0.1) is 0 Å². The fourth-order valence-corrected chi connectivity index (χ4v) is 2.60. The molecular formula is C18H14N4. The van der Waals surface area contributed by atoms with Crippen molar-refractivity contribution in [1.29, 1.82) is 0 Å². The van der Waals surface area contributed by atoms with Gasteiger partial charge in [0.25, 0.3) is 0 Å². The first-order chi connectivity index (χ1) is 10.8. The zero-order valence-electron chi connectivity index (χ0n) is 11.8. The van der Waals surface area contributed by atoms with Crippen molar-refractivity contribution < 1.29 is 0 Å². The lowest BCUT2D eigenvalue weighted by Crippen LogP contribution is -2.11. The third-order valence-electron chi connectivity index (χ3n) is 3.71. The lowest BCUT2D eigenvalue weighted by atomic mass is 10.1. The number of hydrogen-bond donors (Lipinski definition) is 1. The highest BCUT2D eigenvalue weighted by Gasteiger charge is 2.05. The lowest BCUT2D eigenvalue weighted by molar-refractivity contribution is 1.02. The maximum absolute atomic E-state index is 6.08. The Hall–Kier alpha value is -3.14. The molecule has 0 fully saturated rings. The minimum atomic E-state index is 0.633. The summed E-state index contributed by atoms with van der Waals surface area (Å²) in [5.41, 5.74) is 2.66. The van der Waals surface area contributed by atoms with Crippen LogP contribution in [0.15, 0.2) is 71.7 Å². The lowest BCUT2D eigenvalue weighted by Gasteiger charge is -2.01. The van der Waals surface area contributed by atoms with E-state index in [2.05, 4.69) is 28.2 Å². The second-order valence-corrected chi connectivity index (χ2v) is 5.09. The third-order valence-corrected chi connectivity index (χ3v) is 3.71. The van der Waals surface area contributed by atoms with Crippen LogP contribution in [0.3, 0.4) is 0 Å².